The molecular formula is C48H38N4. The number of pyridine rings is 2. The molecule has 0 aliphatic carbocycles. The van der Waals surface area contributed by atoms with Crippen molar-refractivity contribution >= 4 is 21.8 Å². The van der Waals surface area contributed by atoms with Crippen molar-refractivity contribution < 1.29 is 0 Å². The van der Waals surface area contributed by atoms with Gasteiger partial charge in [-0.3, -0.25) is 9.97 Å². The second kappa shape index (κ2) is 12.7. The molecule has 4 nitrogen and oxygen atoms in total. The molecule has 5 aromatic carbocycles. The number of aromatic nitrogens is 4. The Labute approximate surface area is 304 Å². The summed E-state index contributed by atoms with van der Waals surface area (Å²) in [4.78, 5) is 9.33. The molecule has 4 heterocycles. The largest absolute Gasteiger partial charge is 0.314 e. The first kappa shape index (κ1) is 31.5. The maximum absolute atomic E-state index is 4.67. The van der Waals surface area contributed by atoms with Crippen LogP contribution in [0.25, 0.3) is 77.9 Å². The standard InChI is InChI=1S/C48H38N4/c1-31-33(3)51(47-17-7-5-13-43(31)47)41-28-38(29-42(30-41)52-34(4)32(2)44-14-6-8-18-48(44)52)36-21-19-35(20-22-36)37-25-39(45-15-9-11-23-49-45)27-40(26-37)46-16-10-12-24-50-46/h5-30H,1-4H3. The molecule has 250 valence electrons. The third-order valence-corrected chi connectivity index (χ3v) is 10.7. The van der Waals surface area contributed by atoms with Crippen molar-refractivity contribution in [3.8, 4) is 56.1 Å². The molecule has 0 amide bonds. The van der Waals surface area contributed by atoms with Gasteiger partial charge >= 0.3 is 0 Å². The molecule has 0 saturated carbocycles. The van der Waals surface area contributed by atoms with Crippen molar-refractivity contribution in [3.05, 3.63) is 181 Å². The number of hydrogen-bond donors (Lipinski definition) is 0. The van der Waals surface area contributed by atoms with E-state index in [0.717, 1.165) is 50.6 Å². The molecule has 0 spiro atoms. The van der Waals surface area contributed by atoms with Gasteiger partial charge in [0.25, 0.3) is 0 Å². The highest BCUT2D eigenvalue weighted by atomic mass is 15.0. The van der Waals surface area contributed by atoms with E-state index in [9.17, 15) is 0 Å². The van der Waals surface area contributed by atoms with Crippen LogP contribution in [0.5, 0.6) is 0 Å². The first-order valence-electron chi connectivity index (χ1n) is 17.8. The minimum Gasteiger partial charge on any atom is -0.314 e. The molecule has 0 aliphatic rings. The summed E-state index contributed by atoms with van der Waals surface area (Å²) in [5.74, 6) is 0. The van der Waals surface area contributed by atoms with Crippen molar-refractivity contribution in [3.63, 3.8) is 0 Å². The Morgan fingerprint density at radius 3 is 1.21 bits per heavy atom. The summed E-state index contributed by atoms with van der Waals surface area (Å²) >= 11 is 0. The number of para-hydroxylation sites is 2. The topological polar surface area (TPSA) is 35.6 Å². The van der Waals surface area contributed by atoms with Crippen molar-refractivity contribution in [1.82, 2.24) is 19.1 Å². The van der Waals surface area contributed by atoms with E-state index in [1.165, 1.54) is 49.9 Å². The van der Waals surface area contributed by atoms with Gasteiger partial charge in [-0.25, -0.2) is 0 Å². The fourth-order valence-electron chi connectivity index (χ4n) is 7.76. The van der Waals surface area contributed by atoms with Gasteiger partial charge in [0.15, 0.2) is 0 Å². The summed E-state index contributed by atoms with van der Waals surface area (Å²) in [5.41, 5.74) is 18.5. The Hall–Kier alpha value is -6.52. The van der Waals surface area contributed by atoms with Crippen LogP contribution in [0.3, 0.4) is 0 Å². The average Bonchev–Trinajstić information content (AvgIpc) is 3.62. The first-order valence-corrected chi connectivity index (χ1v) is 17.8. The molecule has 0 aliphatic heterocycles. The number of aryl methyl sites for hydroxylation is 2. The smallest absolute Gasteiger partial charge is 0.0702 e. The quantitative estimate of drug-likeness (QED) is 0.176. The molecule has 0 fully saturated rings. The zero-order valence-corrected chi connectivity index (χ0v) is 29.8. The normalized spacial score (nSPS) is 11.5. The molecule has 0 atom stereocenters. The van der Waals surface area contributed by atoms with E-state index in [0.29, 0.717) is 0 Å². The minimum atomic E-state index is 0.939. The summed E-state index contributed by atoms with van der Waals surface area (Å²) in [5, 5.41) is 2.57. The van der Waals surface area contributed by atoms with Gasteiger partial charge in [-0.2, -0.15) is 0 Å². The van der Waals surface area contributed by atoms with Crippen molar-refractivity contribution in [2.75, 3.05) is 0 Å². The van der Waals surface area contributed by atoms with Gasteiger partial charge in [0.1, 0.15) is 0 Å². The number of hydrogen-bond acceptors (Lipinski definition) is 2. The fraction of sp³-hybridized carbons (Fsp3) is 0.0833. The summed E-state index contributed by atoms with van der Waals surface area (Å²) in [6, 6.07) is 52.2. The second-order valence-corrected chi connectivity index (χ2v) is 13.7. The van der Waals surface area contributed by atoms with Crippen molar-refractivity contribution in [1.29, 1.82) is 0 Å². The maximum atomic E-state index is 4.67. The molecule has 52 heavy (non-hydrogen) atoms. The van der Waals surface area contributed by atoms with Crippen LogP contribution in [0, 0.1) is 27.7 Å². The van der Waals surface area contributed by atoms with E-state index in [2.05, 4.69) is 168 Å². The molecule has 4 heteroatoms. The van der Waals surface area contributed by atoms with Crippen LogP contribution in [0.1, 0.15) is 22.5 Å². The Morgan fingerprint density at radius 2 is 0.769 bits per heavy atom. The molecule has 0 N–H and O–H groups in total. The third kappa shape index (κ3) is 5.32. The molecule has 0 saturated heterocycles. The van der Waals surface area contributed by atoms with Crippen molar-refractivity contribution in [2.45, 2.75) is 27.7 Å². The lowest BCUT2D eigenvalue weighted by Gasteiger charge is -2.17. The maximum Gasteiger partial charge on any atom is 0.0702 e. The van der Waals surface area contributed by atoms with Gasteiger partial charge in [0.2, 0.25) is 0 Å². The van der Waals surface area contributed by atoms with Crippen molar-refractivity contribution in [2.24, 2.45) is 0 Å². The summed E-state index contributed by atoms with van der Waals surface area (Å²) in [7, 11) is 0. The van der Waals surface area contributed by atoms with Crippen LogP contribution in [0.15, 0.2) is 158 Å². The fourth-order valence-corrected chi connectivity index (χ4v) is 7.76. The van der Waals surface area contributed by atoms with Crippen LogP contribution >= 0.6 is 0 Å². The highest BCUT2D eigenvalue weighted by molar-refractivity contribution is 5.90. The van der Waals surface area contributed by atoms with Gasteiger partial charge in [-0.05, 0) is 134 Å². The predicted molar refractivity (Wildman–Crippen MR) is 216 cm³/mol. The summed E-state index contributed by atoms with van der Waals surface area (Å²) < 4.78 is 4.84. The number of nitrogens with zero attached hydrogens (tertiary/aromatic N) is 4. The van der Waals surface area contributed by atoms with E-state index in [1.54, 1.807) is 0 Å². The van der Waals surface area contributed by atoms with E-state index in [-0.39, 0.29) is 0 Å². The lowest BCUT2D eigenvalue weighted by atomic mass is 9.95. The molecule has 9 rings (SSSR count). The Bertz CT molecular complexity index is 2590. The highest BCUT2D eigenvalue weighted by Crippen LogP contribution is 2.37. The molecule has 0 unspecified atom stereocenters. The average molecular weight is 671 g/mol. The van der Waals surface area contributed by atoms with E-state index >= 15 is 0 Å². The lowest BCUT2D eigenvalue weighted by molar-refractivity contribution is 1.01. The molecule has 9 aromatic rings. The molecule has 4 aromatic heterocycles. The number of benzene rings is 5. The molecule has 0 radical (unpaired) electrons. The van der Waals surface area contributed by atoms with Crippen LogP contribution in [-0.4, -0.2) is 19.1 Å². The zero-order valence-electron chi connectivity index (χ0n) is 29.8. The molecule has 0 bridgehead atoms. The summed E-state index contributed by atoms with van der Waals surface area (Å²) in [6.45, 7) is 8.92. The Kier molecular flexibility index (Phi) is 7.66. The monoisotopic (exact) mass is 670 g/mol. The SMILES string of the molecule is Cc1c(C)n(-c2cc(-c3ccc(-c4cc(-c5ccccn5)cc(-c5ccccn5)c4)cc3)cc(-n3c(C)c(C)c4ccccc43)c2)c2ccccc12. The summed E-state index contributed by atoms with van der Waals surface area (Å²) in [6.07, 6.45) is 3.69. The van der Waals surface area contributed by atoms with Gasteiger partial charge in [0, 0.05) is 57.1 Å². The van der Waals surface area contributed by atoms with Gasteiger partial charge in [0.05, 0.1) is 22.4 Å². The minimum absolute atomic E-state index is 0.939. The van der Waals surface area contributed by atoms with Gasteiger partial charge < -0.3 is 9.13 Å². The zero-order chi connectivity index (χ0) is 35.3. The second-order valence-electron chi connectivity index (χ2n) is 13.7. The van der Waals surface area contributed by atoms with Gasteiger partial charge in [-0.1, -0.05) is 72.8 Å². The van der Waals surface area contributed by atoms with E-state index < -0.39 is 0 Å². The number of fused-ring (bicyclic) bond motifs is 2. The predicted octanol–water partition coefficient (Wildman–Crippen LogP) is 12.3. The van der Waals surface area contributed by atoms with Crippen LogP contribution in [0.2, 0.25) is 0 Å². The van der Waals surface area contributed by atoms with Crippen LogP contribution in [-0.2, 0) is 0 Å². The first-order chi connectivity index (χ1) is 25.4. The lowest BCUT2D eigenvalue weighted by Crippen LogP contribution is -2.02. The molecular weight excluding hydrogens is 633 g/mol. The number of rotatable bonds is 6. The third-order valence-electron chi connectivity index (χ3n) is 10.7. The Morgan fingerprint density at radius 1 is 0.365 bits per heavy atom. The van der Waals surface area contributed by atoms with Gasteiger partial charge in [-0.15, -0.1) is 0 Å². The Balaban J connectivity index is 1.21. The van der Waals surface area contributed by atoms with Crippen LogP contribution < -0.4 is 0 Å². The highest BCUT2D eigenvalue weighted by Gasteiger charge is 2.18. The van der Waals surface area contributed by atoms with E-state index in [4.69, 9.17) is 0 Å². The van der Waals surface area contributed by atoms with E-state index in [1.807, 2.05) is 36.7 Å². The van der Waals surface area contributed by atoms with Crippen LogP contribution in [0.4, 0.5) is 0 Å².